The fourth-order valence-electron chi connectivity index (χ4n) is 3.98. The van der Waals surface area contributed by atoms with E-state index < -0.39 is 11.7 Å². The summed E-state index contributed by atoms with van der Waals surface area (Å²) in [7, 11) is 1.54. The molecule has 0 atom stereocenters. The highest BCUT2D eigenvalue weighted by Crippen LogP contribution is 2.29. The van der Waals surface area contributed by atoms with Gasteiger partial charge in [0.15, 0.2) is 0 Å². The second kappa shape index (κ2) is 10.7. The Bertz CT molecular complexity index is 1210. The second-order valence-corrected chi connectivity index (χ2v) is 8.26. The van der Waals surface area contributed by atoms with Crippen LogP contribution in [0.5, 0.6) is 5.75 Å². The van der Waals surface area contributed by atoms with E-state index in [0.29, 0.717) is 61.0 Å². The van der Waals surface area contributed by atoms with Crippen molar-refractivity contribution in [3.63, 3.8) is 0 Å². The maximum atomic E-state index is 13.4. The molecule has 1 saturated heterocycles. The van der Waals surface area contributed by atoms with E-state index in [1.165, 1.54) is 6.07 Å². The SMILES string of the molecule is COc1ccc(C(=O)Nc2ccccc2C(=O)N2CCCN(c3ccc(C(F)(F)F)cn3)CC2)cc1. The van der Waals surface area contributed by atoms with Gasteiger partial charge >= 0.3 is 6.18 Å². The zero-order valence-corrected chi connectivity index (χ0v) is 19.6. The first-order valence-electron chi connectivity index (χ1n) is 11.4. The Labute approximate surface area is 206 Å². The molecule has 7 nitrogen and oxygen atoms in total. The average Bonchev–Trinajstić information content (AvgIpc) is 3.15. The maximum absolute atomic E-state index is 13.4. The molecule has 2 heterocycles. The Morgan fingerprint density at radius 3 is 2.36 bits per heavy atom. The van der Waals surface area contributed by atoms with Crippen LogP contribution in [0.4, 0.5) is 24.7 Å². The molecule has 2 amide bonds. The lowest BCUT2D eigenvalue weighted by molar-refractivity contribution is -0.137. The number of pyridine rings is 1. The minimum Gasteiger partial charge on any atom is -0.497 e. The third kappa shape index (κ3) is 5.76. The van der Waals surface area contributed by atoms with E-state index in [1.807, 2.05) is 4.90 Å². The van der Waals surface area contributed by atoms with Crippen LogP contribution in [-0.4, -0.2) is 55.0 Å². The molecule has 0 spiro atoms. The van der Waals surface area contributed by atoms with Crippen LogP contribution in [-0.2, 0) is 6.18 Å². The fourth-order valence-corrected chi connectivity index (χ4v) is 3.98. The molecule has 1 aromatic heterocycles. The quantitative estimate of drug-likeness (QED) is 0.552. The minimum absolute atomic E-state index is 0.233. The number of alkyl halides is 3. The van der Waals surface area contributed by atoms with Crippen LogP contribution in [0.2, 0.25) is 0 Å². The predicted molar refractivity (Wildman–Crippen MR) is 129 cm³/mol. The highest BCUT2D eigenvalue weighted by atomic mass is 19.4. The molecule has 3 aromatic rings. The predicted octanol–water partition coefficient (Wildman–Crippen LogP) is 4.71. The Morgan fingerprint density at radius 2 is 1.69 bits per heavy atom. The Kier molecular flexibility index (Phi) is 7.42. The molecule has 0 unspecified atom stereocenters. The number of nitrogens with zero attached hydrogens (tertiary/aromatic N) is 3. The summed E-state index contributed by atoms with van der Waals surface area (Å²) in [5.74, 6) is 0.476. The van der Waals surface area contributed by atoms with Gasteiger partial charge in [-0.3, -0.25) is 9.59 Å². The van der Waals surface area contributed by atoms with E-state index in [9.17, 15) is 22.8 Å². The number of anilines is 2. The number of hydrogen-bond acceptors (Lipinski definition) is 5. The van der Waals surface area contributed by atoms with Crippen molar-refractivity contribution in [1.29, 1.82) is 0 Å². The van der Waals surface area contributed by atoms with Crippen molar-refractivity contribution in [2.75, 3.05) is 43.5 Å². The lowest BCUT2D eigenvalue weighted by Gasteiger charge is -2.24. The van der Waals surface area contributed by atoms with Crippen LogP contribution in [0.3, 0.4) is 0 Å². The molecule has 0 radical (unpaired) electrons. The summed E-state index contributed by atoms with van der Waals surface area (Å²) in [5, 5.41) is 2.81. The van der Waals surface area contributed by atoms with Crippen molar-refractivity contribution in [3.05, 3.63) is 83.6 Å². The topological polar surface area (TPSA) is 74.8 Å². The number of rotatable bonds is 5. The number of ether oxygens (including phenoxy) is 1. The van der Waals surface area contributed by atoms with E-state index in [4.69, 9.17) is 4.74 Å². The van der Waals surface area contributed by atoms with Gasteiger partial charge in [0, 0.05) is 37.9 Å². The number of benzene rings is 2. The monoisotopic (exact) mass is 498 g/mol. The van der Waals surface area contributed by atoms with E-state index in [0.717, 1.165) is 12.3 Å². The Hall–Kier alpha value is -4.08. The lowest BCUT2D eigenvalue weighted by atomic mass is 10.1. The zero-order valence-electron chi connectivity index (χ0n) is 19.6. The number of hydrogen-bond donors (Lipinski definition) is 1. The number of amides is 2. The molecule has 1 fully saturated rings. The number of nitrogens with one attached hydrogen (secondary N) is 1. The van der Waals surface area contributed by atoms with Crippen molar-refractivity contribution in [2.24, 2.45) is 0 Å². The first-order valence-corrected chi connectivity index (χ1v) is 11.4. The van der Waals surface area contributed by atoms with Crippen LogP contribution in [0.25, 0.3) is 0 Å². The van der Waals surface area contributed by atoms with Gasteiger partial charge in [0.1, 0.15) is 11.6 Å². The van der Waals surface area contributed by atoms with Crippen molar-refractivity contribution < 1.29 is 27.5 Å². The number of halogens is 3. The van der Waals surface area contributed by atoms with E-state index in [1.54, 1.807) is 60.5 Å². The molecule has 10 heteroatoms. The second-order valence-electron chi connectivity index (χ2n) is 8.26. The van der Waals surface area contributed by atoms with Crippen molar-refractivity contribution in [1.82, 2.24) is 9.88 Å². The summed E-state index contributed by atoms with van der Waals surface area (Å²) in [6, 6.07) is 15.8. The highest BCUT2D eigenvalue weighted by molar-refractivity contribution is 6.09. The summed E-state index contributed by atoms with van der Waals surface area (Å²) in [4.78, 5) is 33.6. The van der Waals surface area contributed by atoms with Gasteiger partial charge in [-0.1, -0.05) is 12.1 Å². The van der Waals surface area contributed by atoms with Crippen LogP contribution >= 0.6 is 0 Å². The lowest BCUT2D eigenvalue weighted by Crippen LogP contribution is -2.36. The molecular formula is C26H25F3N4O3. The van der Waals surface area contributed by atoms with Crippen molar-refractivity contribution in [3.8, 4) is 5.75 Å². The van der Waals surface area contributed by atoms with E-state index in [2.05, 4.69) is 10.3 Å². The molecule has 0 saturated carbocycles. The van der Waals surface area contributed by atoms with Gasteiger partial charge in [-0.2, -0.15) is 13.2 Å². The highest BCUT2D eigenvalue weighted by Gasteiger charge is 2.31. The van der Waals surface area contributed by atoms with Crippen molar-refractivity contribution >= 4 is 23.3 Å². The average molecular weight is 499 g/mol. The minimum atomic E-state index is -4.44. The summed E-state index contributed by atoms with van der Waals surface area (Å²) in [5.41, 5.74) is 0.382. The standard InChI is InChI=1S/C26H25F3N4O3/c1-36-20-10-7-18(8-11-20)24(34)31-22-6-3-2-5-21(22)25(35)33-14-4-13-32(15-16-33)23-12-9-19(17-30-23)26(27,28)29/h2-3,5-12,17H,4,13-16H2,1H3,(H,31,34). The smallest absolute Gasteiger partial charge is 0.417 e. The van der Waals surface area contributed by atoms with Gasteiger partial charge in [-0.25, -0.2) is 4.98 Å². The molecule has 0 aliphatic carbocycles. The molecule has 2 aromatic carbocycles. The number of para-hydroxylation sites is 1. The molecule has 1 aliphatic heterocycles. The van der Waals surface area contributed by atoms with Crippen molar-refractivity contribution in [2.45, 2.75) is 12.6 Å². The van der Waals surface area contributed by atoms with Gasteiger partial charge in [0.2, 0.25) is 0 Å². The molecule has 4 rings (SSSR count). The summed E-state index contributed by atoms with van der Waals surface area (Å²) in [6.07, 6.45) is -3.00. The molecule has 188 valence electrons. The van der Waals surface area contributed by atoms with Gasteiger partial charge in [-0.15, -0.1) is 0 Å². The third-order valence-corrected chi connectivity index (χ3v) is 5.94. The van der Waals surface area contributed by atoms with Gasteiger partial charge in [0.25, 0.3) is 11.8 Å². The first kappa shape index (κ1) is 25.0. The molecular weight excluding hydrogens is 473 g/mol. The van der Waals surface area contributed by atoms with Crippen LogP contribution in [0, 0.1) is 0 Å². The number of aromatic nitrogens is 1. The molecule has 36 heavy (non-hydrogen) atoms. The maximum Gasteiger partial charge on any atom is 0.417 e. The fraction of sp³-hybridized carbons (Fsp3) is 0.269. The normalized spacial score (nSPS) is 14.2. The zero-order chi connectivity index (χ0) is 25.7. The van der Waals surface area contributed by atoms with Gasteiger partial charge in [0.05, 0.1) is 23.9 Å². The van der Waals surface area contributed by atoms with Crippen LogP contribution in [0.15, 0.2) is 66.9 Å². The van der Waals surface area contributed by atoms with Gasteiger partial charge < -0.3 is 19.9 Å². The largest absolute Gasteiger partial charge is 0.497 e. The van der Waals surface area contributed by atoms with Crippen LogP contribution in [0.1, 0.15) is 32.7 Å². The van der Waals surface area contributed by atoms with Gasteiger partial charge in [-0.05, 0) is 55.0 Å². The molecule has 0 bridgehead atoms. The first-order chi connectivity index (χ1) is 17.3. The third-order valence-electron chi connectivity index (χ3n) is 5.94. The summed E-state index contributed by atoms with van der Waals surface area (Å²) >= 11 is 0. The summed E-state index contributed by atoms with van der Waals surface area (Å²) < 4.78 is 43.6. The molecule has 1 N–H and O–H groups in total. The number of carbonyl (C=O) groups excluding carboxylic acids is 2. The van der Waals surface area contributed by atoms with Crippen LogP contribution < -0.4 is 15.0 Å². The number of carbonyl (C=O) groups is 2. The Morgan fingerprint density at radius 1 is 0.944 bits per heavy atom. The Balaban J connectivity index is 1.44. The molecule has 1 aliphatic rings. The summed E-state index contributed by atoms with van der Waals surface area (Å²) in [6.45, 7) is 1.81. The number of methoxy groups -OCH3 is 1. The van der Waals surface area contributed by atoms with E-state index in [-0.39, 0.29) is 11.8 Å². The van der Waals surface area contributed by atoms with E-state index >= 15 is 0 Å².